The molecule has 0 radical (unpaired) electrons. The number of para-hydroxylation sites is 1. The van der Waals surface area contributed by atoms with E-state index in [1.54, 1.807) is 0 Å². The molecule has 2 rings (SSSR count). The zero-order chi connectivity index (χ0) is 14.4. The van der Waals surface area contributed by atoms with E-state index >= 15 is 0 Å². The van der Waals surface area contributed by atoms with Crippen LogP contribution in [-0.2, 0) is 0 Å². The summed E-state index contributed by atoms with van der Waals surface area (Å²) in [5.74, 6) is 0.788. The minimum atomic E-state index is -0.517. The number of hydrogen-bond donors (Lipinski definition) is 3. The Bertz CT molecular complexity index is 515. The van der Waals surface area contributed by atoms with Crippen molar-refractivity contribution in [3.8, 4) is 16.9 Å². The van der Waals surface area contributed by atoms with E-state index in [9.17, 15) is 5.11 Å². The van der Waals surface area contributed by atoms with Gasteiger partial charge in [0.1, 0.15) is 18.5 Å². The van der Waals surface area contributed by atoms with Crippen molar-refractivity contribution < 1.29 is 9.84 Å². The van der Waals surface area contributed by atoms with Gasteiger partial charge in [0.25, 0.3) is 0 Å². The van der Waals surface area contributed by atoms with Crippen LogP contribution in [0.25, 0.3) is 11.1 Å². The normalized spacial score (nSPS) is 12.0. The third-order valence-corrected chi connectivity index (χ3v) is 2.99. The fraction of sp³-hybridized carbons (Fsp3) is 0.375. The van der Waals surface area contributed by atoms with E-state index in [1.165, 1.54) is 0 Å². The molecule has 1 atom stereocenters. The first-order valence-corrected chi connectivity index (χ1v) is 6.93. The summed E-state index contributed by atoms with van der Waals surface area (Å²) in [6, 6.07) is 10.2. The highest BCUT2D eigenvalue weighted by Crippen LogP contribution is 2.29. The Morgan fingerprint density at radius 3 is 2.67 bits per heavy atom. The molecule has 2 aromatic rings. The second-order valence-corrected chi connectivity index (χ2v) is 5.12. The van der Waals surface area contributed by atoms with Crippen molar-refractivity contribution in [3.63, 3.8) is 0 Å². The van der Waals surface area contributed by atoms with Crippen molar-refractivity contribution >= 4 is 12.4 Å². The molecule has 4 nitrogen and oxygen atoms in total. The van der Waals surface area contributed by atoms with E-state index in [0.29, 0.717) is 12.6 Å². The summed E-state index contributed by atoms with van der Waals surface area (Å²) in [4.78, 5) is 3.04. The minimum Gasteiger partial charge on any atom is -0.490 e. The molecule has 0 aliphatic rings. The molecule has 0 aliphatic heterocycles. The molecule has 3 N–H and O–H groups in total. The van der Waals surface area contributed by atoms with E-state index in [4.69, 9.17) is 4.74 Å². The average molecular weight is 311 g/mol. The van der Waals surface area contributed by atoms with Crippen molar-refractivity contribution in [3.05, 3.63) is 42.7 Å². The summed E-state index contributed by atoms with van der Waals surface area (Å²) in [7, 11) is 0. The van der Waals surface area contributed by atoms with Crippen molar-refractivity contribution in [2.75, 3.05) is 13.2 Å². The molecule has 1 aromatic carbocycles. The number of hydrogen-bond acceptors (Lipinski definition) is 3. The maximum absolute atomic E-state index is 9.89. The van der Waals surface area contributed by atoms with E-state index in [2.05, 4.69) is 24.1 Å². The molecule has 1 unspecified atom stereocenters. The largest absolute Gasteiger partial charge is 0.490 e. The van der Waals surface area contributed by atoms with Crippen molar-refractivity contribution in [2.45, 2.75) is 26.0 Å². The van der Waals surface area contributed by atoms with Gasteiger partial charge in [-0.15, -0.1) is 12.4 Å². The molecule has 1 aromatic heterocycles. The van der Waals surface area contributed by atoms with E-state index in [1.807, 2.05) is 42.7 Å². The van der Waals surface area contributed by atoms with Crippen LogP contribution >= 0.6 is 12.4 Å². The van der Waals surface area contributed by atoms with Gasteiger partial charge in [-0.05, 0) is 12.1 Å². The Morgan fingerprint density at radius 1 is 1.24 bits per heavy atom. The Hall–Kier alpha value is -1.49. The fourth-order valence-electron chi connectivity index (χ4n) is 1.94. The Balaban J connectivity index is 0.00000220. The van der Waals surface area contributed by atoms with Gasteiger partial charge in [-0.25, -0.2) is 0 Å². The van der Waals surface area contributed by atoms with Crippen LogP contribution in [-0.4, -0.2) is 35.4 Å². The van der Waals surface area contributed by atoms with E-state index < -0.39 is 6.10 Å². The number of aliphatic hydroxyl groups excluding tert-OH is 1. The van der Waals surface area contributed by atoms with E-state index in [-0.39, 0.29) is 19.0 Å². The Morgan fingerprint density at radius 2 is 2.00 bits per heavy atom. The Kier molecular flexibility index (Phi) is 7.29. The molecule has 0 aliphatic carbocycles. The predicted octanol–water partition coefficient (Wildman–Crippen LogP) is 2.84. The number of H-pyrrole nitrogens is 1. The minimum absolute atomic E-state index is 0. The zero-order valence-corrected chi connectivity index (χ0v) is 13.2. The first kappa shape index (κ1) is 17.6. The molecule has 0 saturated carbocycles. The van der Waals surface area contributed by atoms with Crippen molar-refractivity contribution in [1.29, 1.82) is 0 Å². The highest BCUT2D eigenvalue weighted by molar-refractivity contribution is 5.85. The molecule has 1 heterocycles. The first-order valence-electron chi connectivity index (χ1n) is 6.93. The molecule has 0 spiro atoms. The second-order valence-electron chi connectivity index (χ2n) is 5.12. The highest BCUT2D eigenvalue weighted by atomic mass is 35.5. The van der Waals surface area contributed by atoms with Gasteiger partial charge in [-0.1, -0.05) is 32.0 Å². The van der Waals surface area contributed by atoms with Gasteiger partial charge in [0.15, 0.2) is 0 Å². The molecule has 0 fully saturated rings. The number of aromatic amines is 1. The van der Waals surface area contributed by atoms with Crippen LogP contribution < -0.4 is 10.1 Å². The lowest BCUT2D eigenvalue weighted by Gasteiger charge is -2.16. The summed E-state index contributed by atoms with van der Waals surface area (Å²) >= 11 is 0. The molecular formula is C16H23ClN2O2. The van der Waals surface area contributed by atoms with Gasteiger partial charge in [-0.2, -0.15) is 0 Å². The topological polar surface area (TPSA) is 57.3 Å². The van der Waals surface area contributed by atoms with Crippen LogP contribution in [0.4, 0.5) is 0 Å². The Labute approximate surface area is 131 Å². The van der Waals surface area contributed by atoms with Crippen LogP contribution in [0.15, 0.2) is 42.7 Å². The first-order chi connectivity index (χ1) is 9.66. The lowest BCUT2D eigenvalue weighted by molar-refractivity contribution is 0.105. The third-order valence-electron chi connectivity index (χ3n) is 2.99. The van der Waals surface area contributed by atoms with Gasteiger partial charge in [0.05, 0.1) is 0 Å². The number of ether oxygens (including phenoxy) is 1. The van der Waals surface area contributed by atoms with Crippen LogP contribution in [0.2, 0.25) is 0 Å². The summed E-state index contributed by atoms with van der Waals surface area (Å²) in [6.45, 7) is 4.91. The van der Waals surface area contributed by atoms with Gasteiger partial charge in [0, 0.05) is 36.1 Å². The monoisotopic (exact) mass is 310 g/mol. The average Bonchev–Trinajstić information content (AvgIpc) is 2.97. The molecule has 0 amide bonds. The van der Waals surface area contributed by atoms with Crippen LogP contribution in [0.1, 0.15) is 13.8 Å². The zero-order valence-electron chi connectivity index (χ0n) is 12.4. The number of halogens is 1. The van der Waals surface area contributed by atoms with Crippen LogP contribution in [0, 0.1) is 0 Å². The van der Waals surface area contributed by atoms with Crippen molar-refractivity contribution in [2.24, 2.45) is 0 Å². The molecule has 0 bridgehead atoms. The van der Waals surface area contributed by atoms with Crippen LogP contribution in [0.5, 0.6) is 5.75 Å². The SMILES string of the molecule is CC(C)NCC(O)COc1ccccc1-c1cc[nH]c1.Cl. The predicted molar refractivity (Wildman–Crippen MR) is 88.1 cm³/mol. The summed E-state index contributed by atoms with van der Waals surface area (Å²) < 4.78 is 5.75. The summed E-state index contributed by atoms with van der Waals surface area (Å²) in [5, 5.41) is 13.1. The summed E-state index contributed by atoms with van der Waals surface area (Å²) in [5.41, 5.74) is 2.10. The smallest absolute Gasteiger partial charge is 0.127 e. The van der Waals surface area contributed by atoms with Crippen molar-refractivity contribution in [1.82, 2.24) is 10.3 Å². The number of aliphatic hydroxyl groups is 1. The van der Waals surface area contributed by atoms with Gasteiger partial charge < -0.3 is 20.1 Å². The van der Waals surface area contributed by atoms with Gasteiger partial charge >= 0.3 is 0 Å². The highest BCUT2D eigenvalue weighted by Gasteiger charge is 2.09. The standard InChI is InChI=1S/C16H22N2O2.ClH/c1-12(2)18-10-14(19)11-20-16-6-4-3-5-15(16)13-7-8-17-9-13;/h3-9,12,14,17-19H,10-11H2,1-2H3;1H. The lowest BCUT2D eigenvalue weighted by atomic mass is 10.1. The maximum atomic E-state index is 9.89. The molecule has 0 saturated heterocycles. The fourth-order valence-corrected chi connectivity index (χ4v) is 1.94. The molecule has 116 valence electrons. The molecule has 5 heteroatoms. The third kappa shape index (κ3) is 5.42. The number of rotatable bonds is 7. The maximum Gasteiger partial charge on any atom is 0.127 e. The van der Waals surface area contributed by atoms with Crippen LogP contribution in [0.3, 0.4) is 0 Å². The summed E-state index contributed by atoms with van der Waals surface area (Å²) in [6.07, 6.45) is 3.29. The number of benzene rings is 1. The quantitative estimate of drug-likeness (QED) is 0.737. The molecule has 21 heavy (non-hydrogen) atoms. The number of aromatic nitrogens is 1. The van der Waals surface area contributed by atoms with Gasteiger partial charge in [0.2, 0.25) is 0 Å². The lowest BCUT2D eigenvalue weighted by Crippen LogP contribution is -2.35. The second kappa shape index (κ2) is 8.72. The molecular weight excluding hydrogens is 288 g/mol. The number of nitrogens with one attached hydrogen (secondary N) is 2. The van der Waals surface area contributed by atoms with Gasteiger partial charge in [-0.3, -0.25) is 0 Å². The van der Waals surface area contributed by atoms with E-state index in [0.717, 1.165) is 16.9 Å².